The second-order valence-electron chi connectivity index (χ2n) is 6.99. The zero-order valence-electron chi connectivity index (χ0n) is 14.2. The lowest BCUT2D eigenvalue weighted by molar-refractivity contribution is -0.0915. The number of benzene rings is 1. The third-order valence-electron chi connectivity index (χ3n) is 5.68. The molecule has 0 N–H and O–H groups in total. The van der Waals surface area contributed by atoms with Gasteiger partial charge in [-0.2, -0.15) is 0 Å². The van der Waals surface area contributed by atoms with E-state index < -0.39 is 0 Å². The maximum absolute atomic E-state index is 6.67. The monoisotopic (exact) mass is 366 g/mol. The summed E-state index contributed by atoms with van der Waals surface area (Å²) in [5, 5.41) is 1.28. The average Bonchev–Trinajstić information content (AvgIpc) is 2.60. The molecule has 0 spiro atoms. The van der Waals surface area contributed by atoms with Crippen molar-refractivity contribution in [2.45, 2.75) is 38.3 Å². The number of likely N-dealkylation sites (N-methyl/N-ethyl adjacent to an activating group) is 1. The molecule has 0 bridgehead atoms. The van der Waals surface area contributed by atoms with E-state index in [0.717, 1.165) is 56.9 Å². The Labute approximate surface area is 154 Å². The van der Waals surface area contributed by atoms with Gasteiger partial charge in [0, 0.05) is 43.2 Å². The number of hydrogen-bond acceptors (Lipinski definition) is 3. The van der Waals surface area contributed by atoms with Gasteiger partial charge in [-0.15, -0.1) is 0 Å². The first-order valence-corrected chi connectivity index (χ1v) is 9.74. The van der Waals surface area contributed by atoms with Crippen molar-refractivity contribution in [2.75, 3.05) is 32.7 Å². The summed E-state index contributed by atoms with van der Waals surface area (Å²) >= 11 is 12.6. The lowest BCUT2D eigenvalue weighted by atomic mass is 9.82. The second kappa shape index (κ2) is 6.53. The molecule has 4 rings (SSSR count). The van der Waals surface area contributed by atoms with E-state index in [9.17, 15) is 0 Å². The van der Waals surface area contributed by atoms with Gasteiger partial charge in [0.25, 0.3) is 0 Å². The van der Waals surface area contributed by atoms with Crippen LogP contribution in [0, 0.1) is 0 Å². The Bertz CT molecular complexity index is 668. The van der Waals surface area contributed by atoms with Gasteiger partial charge in [0.1, 0.15) is 5.75 Å². The van der Waals surface area contributed by atoms with Gasteiger partial charge in [-0.3, -0.25) is 4.90 Å². The largest absolute Gasteiger partial charge is 0.466 e. The topological polar surface area (TPSA) is 15.7 Å². The molecule has 3 nitrogen and oxygen atoms in total. The quantitative estimate of drug-likeness (QED) is 0.755. The Morgan fingerprint density at radius 2 is 1.92 bits per heavy atom. The van der Waals surface area contributed by atoms with Crippen LogP contribution in [0.2, 0.25) is 10.0 Å². The van der Waals surface area contributed by atoms with Crippen molar-refractivity contribution in [3.8, 4) is 5.75 Å². The molecule has 1 aliphatic carbocycles. The number of piperazine rings is 1. The molecule has 0 aromatic heterocycles. The molecule has 24 heavy (non-hydrogen) atoms. The zero-order valence-corrected chi connectivity index (χ0v) is 15.7. The predicted molar refractivity (Wildman–Crippen MR) is 100.0 cm³/mol. The third-order valence-corrected chi connectivity index (χ3v) is 6.18. The van der Waals surface area contributed by atoms with E-state index in [2.05, 4.69) is 22.8 Å². The van der Waals surface area contributed by atoms with Gasteiger partial charge < -0.3 is 9.64 Å². The Morgan fingerprint density at radius 1 is 1.12 bits per heavy atom. The van der Waals surface area contributed by atoms with E-state index in [1.54, 1.807) is 6.07 Å². The molecule has 2 heterocycles. The van der Waals surface area contributed by atoms with Crippen LogP contribution in [0.25, 0.3) is 6.08 Å². The molecular weight excluding hydrogens is 343 g/mol. The van der Waals surface area contributed by atoms with E-state index in [0.29, 0.717) is 10.0 Å². The van der Waals surface area contributed by atoms with Crippen LogP contribution in [0.4, 0.5) is 0 Å². The predicted octanol–water partition coefficient (Wildman–Crippen LogP) is 4.68. The third kappa shape index (κ3) is 2.76. The van der Waals surface area contributed by atoms with Crippen LogP contribution in [0.3, 0.4) is 0 Å². The summed E-state index contributed by atoms with van der Waals surface area (Å²) in [5.41, 5.74) is 2.11. The molecule has 1 unspecified atom stereocenters. The molecule has 0 amide bonds. The lowest BCUT2D eigenvalue weighted by Crippen LogP contribution is -2.62. The van der Waals surface area contributed by atoms with Gasteiger partial charge in [0.05, 0.1) is 5.02 Å². The summed E-state index contributed by atoms with van der Waals surface area (Å²) in [6.45, 7) is 7.66. The fourth-order valence-electron chi connectivity index (χ4n) is 4.34. The molecule has 2 fully saturated rings. The van der Waals surface area contributed by atoms with Crippen LogP contribution in [0.15, 0.2) is 17.7 Å². The highest BCUT2D eigenvalue weighted by Crippen LogP contribution is 2.48. The normalized spacial score (nSPS) is 27.9. The Morgan fingerprint density at radius 3 is 2.67 bits per heavy atom. The molecule has 1 saturated carbocycles. The van der Waals surface area contributed by atoms with Gasteiger partial charge in [-0.25, -0.2) is 0 Å². The lowest BCUT2D eigenvalue weighted by Gasteiger charge is -2.52. The fraction of sp³-hybridized carbons (Fsp3) is 0.579. The number of rotatable bonds is 2. The number of halogens is 2. The highest BCUT2D eigenvalue weighted by atomic mass is 35.5. The summed E-state index contributed by atoms with van der Waals surface area (Å²) < 4.78 is 6.67. The summed E-state index contributed by atoms with van der Waals surface area (Å²) in [6, 6.07) is 3.75. The summed E-state index contributed by atoms with van der Waals surface area (Å²) in [4.78, 5) is 5.04. The minimum atomic E-state index is -0.303. The van der Waals surface area contributed by atoms with E-state index in [-0.39, 0.29) is 5.72 Å². The van der Waals surface area contributed by atoms with Crippen LogP contribution in [-0.4, -0.2) is 48.2 Å². The van der Waals surface area contributed by atoms with E-state index in [1.165, 1.54) is 18.4 Å². The fourth-order valence-corrected chi connectivity index (χ4v) is 4.89. The van der Waals surface area contributed by atoms with Gasteiger partial charge in [-0.05, 0) is 49.6 Å². The van der Waals surface area contributed by atoms with E-state index in [4.69, 9.17) is 27.9 Å². The minimum absolute atomic E-state index is 0.303. The first kappa shape index (κ1) is 16.7. The molecular formula is C19H24Cl2N2O. The zero-order chi connectivity index (χ0) is 16.7. The van der Waals surface area contributed by atoms with Crippen molar-refractivity contribution in [1.82, 2.24) is 9.80 Å². The van der Waals surface area contributed by atoms with Gasteiger partial charge >= 0.3 is 0 Å². The van der Waals surface area contributed by atoms with Crippen molar-refractivity contribution in [2.24, 2.45) is 0 Å². The van der Waals surface area contributed by atoms with Crippen LogP contribution >= 0.6 is 23.2 Å². The first-order chi connectivity index (χ1) is 11.6. The Balaban J connectivity index is 1.71. The molecule has 2 aliphatic heterocycles. The average molecular weight is 367 g/mol. The summed E-state index contributed by atoms with van der Waals surface area (Å²) in [6.07, 6.45) is 6.85. The molecule has 5 heteroatoms. The van der Waals surface area contributed by atoms with Crippen LogP contribution in [0.1, 0.15) is 38.2 Å². The standard InChI is InChI=1S/C19H24Cl2N2O/c1-2-22-7-9-23(10-8-22)19-6-4-3-5-15(19)11-14-12-16(20)13-17(21)18(14)24-19/h11-13H,2-10H2,1H3. The molecule has 130 valence electrons. The number of nitrogens with zero attached hydrogens (tertiary/aromatic N) is 2. The van der Waals surface area contributed by atoms with Gasteiger partial charge in [-0.1, -0.05) is 30.1 Å². The van der Waals surface area contributed by atoms with E-state index in [1.807, 2.05) is 6.07 Å². The SMILES string of the molecule is CCN1CCN(C23CCCCC2=Cc2cc(Cl)cc(Cl)c2O3)CC1. The Hall–Kier alpha value is -0.740. The smallest absolute Gasteiger partial charge is 0.186 e. The van der Waals surface area contributed by atoms with Gasteiger partial charge in [0.2, 0.25) is 0 Å². The van der Waals surface area contributed by atoms with Gasteiger partial charge in [0.15, 0.2) is 5.72 Å². The van der Waals surface area contributed by atoms with Crippen LogP contribution in [-0.2, 0) is 0 Å². The second-order valence-corrected chi connectivity index (χ2v) is 7.83. The van der Waals surface area contributed by atoms with Crippen LogP contribution in [0.5, 0.6) is 5.75 Å². The maximum Gasteiger partial charge on any atom is 0.186 e. The summed E-state index contributed by atoms with van der Waals surface area (Å²) in [7, 11) is 0. The maximum atomic E-state index is 6.67. The van der Waals surface area contributed by atoms with Crippen molar-refractivity contribution < 1.29 is 4.74 Å². The van der Waals surface area contributed by atoms with Crippen molar-refractivity contribution in [3.63, 3.8) is 0 Å². The molecule has 0 radical (unpaired) electrons. The first-order valence-electron chi connectivity index (χ1n) is 8.99. The molecule has 1 atom stereocenters. The molecule has 3 aliphatic rings. The van der Waals surface area contributed by atoms with Crippen molar-refractivity contribution in [3.05, 3.63) is 33.3 Å². The number of ether oxygens (including phenoxy) is 1. The Kier molecular flexibility index (Phi) is 4.55. The van der Waals surface area contributed by atoms with Crippen molar-refractivity contribution in [1.29, 1.82) is 0 Å². The van der Waals surface area contributed by atoms with Crippen LogP contribution < -0.4 is 4.74 Å². The molecule has 1 aromatic carbocycles. The van der Waals surface area contributed by atoms with Crippen molar-refractivity contribution >= 4 is 29.3 Å². The highest BCUT2D eigenvalue weighted by molar-refractivity contribution is 6.36. The number of hydrogen-bond donors (Lipinski definition) is 0. The molecule has 1 aromatic rings. The molecule has 1 saturated heterocycles. The summed E-state index contributed by atoms with van der Waals surface area (Å²) in [5.74, 6) is 0.796. The number of fused-ring (bicyclic) bond motifs is 2. The minimum Gasteiger partial charge on any atom is -0.466 e. The van der Waals surface area contributed by atoms with E-state index >= 15 is 0 Å². The highest BCUT2D eigenvalue weighted by Gasteiger charge is 2.47.